The molecular weight excluding hydrogens is 182 g/mol. The zero-order valence-corrected chi connectivity index (χ0v) is 8.63. The Balaban J connectivity index is 3.10. The molecule has 5 heteroatoms. The van der Waals surface area contributed by atoms with Crippen molar-refractivity contribution in [1.29, 1.82) is 0 Å². The highest BCUT2D eigenvalue weighted by Crippen LogP contribution is 2.08. The molecule has 0 aromatic carbocycles. The molecule has 0 aliphatic rings. The summed E-state index contributed by atoms with van der Waals surface area (Å²) in [7, 11) is 1.49. The summed E-state index contributed by atoms with van der Waals surface area (Å²) in [4.78, 5) is 18.2. The number of nitrogens with two attached hydrogens (primary N) is 1. The second kappa shape index (κ2) is 4.23. The van der Waals surface area contributed by atoms with E-state index in [1.54, 1.807) is 6.92 Å². The number of nitrogens with zero attached hydrogens (tertiary/aromatic N) is 1. The smallest absolute Gasteiger partial charge is 0.257 e. The molecule has 3 N–H and O–H groups in total. The molecule has 0 fully saturated rings. The molecule has 0 aliphatic carbocycles. The van der Waals surface area contributed by atoms with Gasteiger partial charge in [-0.3, -0.25) is 4.79 Å². The zero-order valence-electron chi connectivity index (χ0n) is 8.63. The van der Waals surface area contributed by atoms with E-state index in [1.807, 2.05) is 6.92 Å². The van der Waals surface area contributed by atoms with Crippen LogP contribution in [0.4, 0.5) is 0 Å². The molecule has 0 spiro atoms. The Labute approximate surface area is 82.3 Å². The van der Waals surface area contributed by atoms with Crippen molar-refractivity contribution in [3.63, 3.8) is 0 Å². The number of nitrogens with one attached hydrogen (secondary N) is 1. The van der Waals surface area contributed by atoms with E-state index >= 15 is 0 Å². The van der Waals surface area contributed by atoms with E-state index in [2.05, 4.69) is 9.97 Å². The minimum atomic E-state index is -0.174. The van der Waals surface area contributed by atoms with Crippen LogP contribution in [0.5, 0.6) is 5.88 Å². The number of aromatic nitrogens is 2. The van der Waals surface area contributed by atoms with Gasteiger partial charge < -0.3 is 15.5 Å². The average molecular weight is 197 g/mol. The van der Waals surface area contributed by atoms with Crippen molar-refractivity contribution in [2.45, 2.75) is 26.3 Å². The van der Waals surface area contributed by atoms with Crippen molar-refractivity contribution in [3.05, 3.63) is 21.7 Å². The van der Waals surface area contributed by atoms with Crippen LogP contribution in [-0.2, 0) is 6.42 Å². The highest BCUT2D eigenvalue weighted by atomic mass is 16.5. The summed E-state index contributed by atoms with van der Waals surface area (Å²) < 4.78 is 4.98. The van der Waals surface area contributed by atoms with Crippen LogP contribution in [0.25, 0.3) is 0 Å². The van der Waals surface area contributed by atoms with Gasteiger partial charge in [0.2, 0.25) is 5.88 Å². The Morgan fingerprint density at radius 2 is 2.29 bits per heavy atom. The topological polar surface area (TPSA) is 81.0 Å². The van der Waals surface area contributed by atoms with Gasteiger partial charge in [0.25, 0.3) is 5.56 Å². The third-order valence-corrected chi connectivity index (χ3v) is 1.86. The molecule has 0 radical (unpaired) electrons. The quantitative estimate of drug-likeness (QED) is 0.713. The number of methoxy groups -OCH3 is 1. The summed E-state index contributed by atoms with van der Waals surface area (Å²) in [6, 6.07) is -0.0365. The molecule has 1 aromatic heterocycles. The minimum Gasteiger partial charge on any atom is -0.481 e. The molecular formula is C9H15N3O2. The molecule has 1 aromatic rings. The van der Waals surface area contributed by atoms with Crippen molar-refractivity contribution in [3.8, 4) is 5.88 Å². The third-order valence-electron chi connectivity index (χ3n) is 1.86. The van der Waals surface area contributed by atoms with Crippen molar-refractivity contribution in [1.82, 2.24) is 9.97 Å². The van der Waals surface area contributed by atoms with Crippen LogP contribution in [0, 0.1) is 6.92 Å². The van der Waals surface area contributed by atoms with E-state index in [9.17, 15) is 4.79 Å². The van der Waals surface area contributed by atoms with Crippen molar-refractivity contribution < 1.29 is 4.74 Å². The monoisotopic (exact) mass is 197 g/mol. The zero-order chi connectivity index (χ0) is 10.7. The second-order valence-corrected chi connectivity index (χ2v) is 3.33. The lowest BCUT2D eigenvalue weighted by atomic mass is 10.2. The lowest BCUT2D eigenvalue weighted by molar-refractivity contribution is 0.389. The average Bonchev–Trinajstić information content (AvgIpc) is 2.10. The number of hydrogen-bond donors (Lipinski definition) is 2. The predicted octanol–water partition coefficient (Wildman–Crippen LogP) is -0.0234. The lowest BCUT2D eigenvalue weighted by Crippen LogP contribution is -2.23. The first-order chi connectivity index (χ1) is 6.54. The van der Waals surface area contributed by atoms with Gasteiger partial charge in [-0.1, -0.05) is 0 Å². The summed E-state index contributed by atoms with van der Waals surface area (Å²) in [5, 5.41) is 0. The van der Waals surface area contributed by atoms with Gasteiger partial charge >= 0.3 is 0 Å². The number of ether oxygens (including phenoxy) is 1. The second-order valence-electron chi connectivity index (χ2n) is 3.33. The van der Waals surface area contributed by atoms with E-state index in [0.29, 0.717) is 23.7 Å². The fraction of sp³-hybridized carbons (Fsp3) is 0.556. The van der Waals surface area contributed by atoms with Gasteiger partial charge in [0.15, 0.2) is 0 Å². The van der Waals surface area contributed by atoms with E-state index in [4.69, 9.17) is 10.5 Å². The van der Waals surface area contributed by atoms with Crippen molar-refractivity contribution in [2.24, 2.45) is 5.73 Å². The Morgan fingerprint density at radius 3 is 2.79 bits per heavy atom. The molecule has 1 atom stereocenters. The van der Waals surface area contributed by atoms with Crippen molar-refractivity contribution >= 4 is 0 Å². The number of hydrogen-bond acceptors (Lipinski definition) is 4. The minimum absolute atomic E-state index is 0.0365. The number of aromatic amines is 1. The maximum atomic E-state index is 11.4. The lowest BCUT2D eigenvalue weighted by Gasteiger charge is -2.07. The van der Waals surface area contributed by atoms with E-state index in [1.165, 1.54) is 7.11 Å². The van der Waals surface area contributed by atoms with Crippen LogP contribution in [-0.4, -0.2) is 23.1 Å². The maximum absolute atomic E-state index is 11.4. The molecule has 0 saturated heterocycles. The fourth-order valence-corrected chi connectivity index (χ4v) is 1.16. The van der Waals surface area contributed by atoms with Gasteiger partial charge in [0, 0.05) is 12.5 Å². The summed E-state index contributed by atoms with van der Waals surface area (Å²) in [6.07, 6.45) is 0.534. The largest absolute Gasteiger partial charge is 0.481 e. The van der Waals surface area contributed by atoms with Crippen LogP contribution in [0.2, 0.25) is 0 Å². The van der Waals surface area contributed by atoms with Crippen LogP contribution in [0.3, 0.4) is 0 Å². The van der Waals surface area contributed by atoms with E-state index < -0.39 is 0 Å². The Hall–Kier alpha value is -1.36. The van der Waals surface area contributed by atoms with Gasteiger partial charge in [0.1, 0.15) is 5.82 Å². The normalized spacial score (nSPS) is 12.6. The molecule has 78 valence electrons. The maximum Gasteiger partial charge on any atom is 0.257 e. The molecule has 0 saturated carbocycles. The number of rotatable bonds is 3. The number of H-pyrrole nitrogens is 1. The van der Waals surface area contributed by atoms with Crippen LogP contribution >= 0.6 is 0 Å². The first-order valence-corrected chi connectivity index (χ1v) is 4.44. The van der Waals surface area contributed by atoms with Gasteiger partial charge in [0.05, 0.1) is 12.7 Å². The highest BCUT2D eigenvalue weighted by Gasteiger charge is 2.08. The van der Waals surface area contributed by atoms with Gasteiger partial charge in [-0.05, 0) is 13.8 Å². The Morgan fingerprint density at radius 1 is 1.64 bits per heavy atom. The summed E-state index contributed by atoms with van der Waals surface area (Å²) in [5.41, 5.74) is 5.91. The molecule has 1 unspecified atom stereocenters. The van der Waals surface area contributed by atoms with E-state index in [0.717, 1.165) is 0 Å². The van der Waals surface area contributed by atoms with Crippen LogP contribution in [0.1, 0.15) is 18.3 Å². The van der Waals surface area contributed by atoms with Gasteiger partial charge in [-0.2, -0.15) is 4.98 Å². The summed E-state index contributed by atoms with van der Waals surface area (Å²) in [6.45, 7) is 3.52. The van der Waals surface area contributed by atoms with Crippen LogP contribution < -0.4 is 16.0 Å². The Bertz CT molecular complexity index is 371. The van der Waals surface area contributed by atoms with Gasteiger partial charge in [-0.15, -0.1) is 0 Å². The SMILES string of the molecule is COc1nc(CC(C)N)[nH]c(=O)c1C. The molecule has 5 nitrogen and oxygen atoms in total. The molecule has 0 aliphatic heterocycles. The standard InChI is InChI=1S/C9H15N3O2/c1-5(10)4-7-11-8(13)6(2)9(12-7)14-3/h5H,4,10H2,1-3H3,(H,11,12,13). The molecule has 0 bridgehead atoms. The summed E-state index contributed by atoms with van der Waals surface area (Å²) >= 11 is 0. The third kappa shape index (κ3) is 2.32. The molecule has 14 heavy (non-hydrogen) atoms. The van der Waals surface area contributed by atoms with Gasteiger partial charge in [-0.25, -0.2) is 0 Å². The Kier molecular flexibility index (Phi) is 3.24. The first-order valence-electron chi connectivity index (χ1n) is 4.44. The summed E-state index contributed by atoms with van der Waals surface area (Å²) in [5.74, 6) is 0.928. The molecule has 1 rings (SSSR count). The highest BCUT2D eigenvalue weighted by molar-refractivity contribution is 5.22. The van der Waals surface area contributed by atoms with Crippen molar-refractivity contribution in [2.75, 3.05) is 7.11 Å². The molecule has 1 heterocycles. The fourth-order valence-electron chi connectivity index (χ4n) is 1.16. The van der Waals surface area contributed by atoms with Crippen LogP contribution in [0.15, 0.2) is 4.79 Å². The molecule has 0 amide bonds. The predicted molar refractivity (Wildman–Crippen MR) is 53.5 cm³/mol. The van der Waals surface area contributed by atoms with E-state index in [-0.39, 0.29) is 11.6 Å². The first kappa shape index (κ1) is 10.7.